The Bertz CT molecular complexity index is 319. The van der Waals surface area contributed by atoms with Gasteiger partial charge in [-0.1, -0.05) is 0 Å². The minimum Gasteiger partial charge on any atom is -0.391 e. The van der Waals surface area contributed by atoms with Crippen LogP contribution in [-0.4, -0.2) is 74.2 Å². The van der Waals surface area contributed by atoms with Gasteiger partial charge in [-0.05, 0) is 32.6 Å². The third-order valence-corrected chi connectivity index (χ3v) is 3.88. The largest absolute Gasteiger partial charge is 0.391 e. The Balaban J connectivity index is 1.65. The average molecular weight is 299 g/mol. The van der Waals surface area contributed by atoms with Gasteiger partial charge in [0, 0.05) is 46.0 Å². The molecule has 0 aromatic carbocycles. The van der Waals surface area contributed by atoms with Crippen LogP contribution in [0.5, 0.6) is 0 Å². The van der Waals surface area contributed by atoms with Gasteiger partial charge in [-0.15, -0.1) is 0 Å². The van der Waals surface area contributed by atoms with Gasteiger partial charge in [0.1, 0.15) is 0 Å². The van der Waals surface area contributed by atoms with Gasteiger partial charge in [-0.3, -0.25) is 4.99 Å². The Morgan fingerprint density at radius 3 is 2.86 bits per heavy atom. The van der Waals surface area contributed by atoms with Crippen molar-refractivity contribution >= 4 is 5.96 Å². The molecule has 0 amide bonds. The molecule has 1 atom stereocenters. The van der Waals surface area contributed by atoms with E-state index in [0.717, 1.165) is 71.1 Å². The summed E-state index contributed by atoms with van der Waals surface area (Å²) in [6, 6.07) is 0. The minimum absolute atomic E-state index is 0.217. The van der Waals surface area contributed by atoms with Crippen molar-refractivity contribution in [1.82, 2.24) is 10.2 Å². The Morgan fingerprint density at radius 2 is 2.19 bits per heavy atom. The van der Waals surface area contributed by atoms with Gasteiger partial charge in [0.2, 0.25) is 0 Å². The van der Waals surface area contributed by atoms with Crippen LogP contribution in [0, 0.1) is 0 Å². The lowest BCUT2D eigenvalue weighted by Crippen LogP contribution is -2.40. The van der Waals surface area contributed by atoms with Crippen molar-refractivity contribution in [2.24, 2.45) is 4.99 Å². The predicted molar refractivity (Wildman–Crippen MR) is 82.6 cm³/mol. The van der Waals surface area contributed by atoms with E-state index in [9.17, 15) is 5.11 Å². The van der Waals surface area contributed by atoms with Gasteiger partial charge in [-0.2, -0.15) is 0 Å². The van der Waals surface area contributed by atoms with E-state index in [4.69, 9.17) is 9.47 Å². The lowest BCUT2D eigenvalue weighted by atomic mass is 10.1. The molecule has 0 unspecified atom stereocenters. The van der Waals surface area contributed by atoms with Gasteiger partial charge in [-0.25, -0.2) is 0 Å². The molecule has 2 fully saturated rings. The fourth-order valence-electron chi connectivity index (χ4n) is 2.70. The molecule has 0 aliphatic carbocycles. The number of likely N-dealkylation sites (tertiary alicyclic amines) is 1. The molecule has 0 aromatic rings. The number of aliphatic imine (C=N–C) groups is 1. The zero-order valence-electron chi connectivity index (χ0n) is 13.1. The van der Waals surface area contributed by atoms with Gasteiger partial charge in [0.25, 0.3) is 0 Å². The number of hydrogen-bond acceptors (Lipinski definition) is 4. The summed E-state index contributed by atoms with van der Waals surface area (Å²) in [5.41, 5.74) is 0. The maximum absolute atomic E-state index is 9.62. The highest BCUT2D eigenvalue weighted by Gasteiger charge is 2.22. The number of aliphatic hydroxyl groups excluding tert-OH is 1. The number of aliphatic hydroxyl groups is 1. The van der Waals surface area contributed by atoms with Crippen LogP contribution in [0.15, 0.2) is 4.99 Å². The van der Waals surface area contributed by atoms with Crippen LogP contribution in [0.25, 0.3) is 0 Å². The predicted octanol–water partition coefficient (Wildman–Crippen LogP) is 0.604. The number of rotatable bonds is 6. The van der Waals surface area contributed by atoms with Gasteiger partial charge in [0.15, 0.2) is 5.96 Å². The van der Waals surface area contributed by atoms with Gasteiger partial charge >= 0.3 is 0 Å². The maximum atomic E-state index is 9.62. The average Bonchev–Trinajstić information content (AvgIpc) is 2.93. The van der Waals surface area contributed by atoms with E-state index in [-0.39, 0.29) is 6.10 Å². The summed E-state index contributed by atoms with van der Waals surface area (Å²) in [6.45, 7) is 7.65. The zero-order chi connectivity index (χ0) is 14.9. The molecule has 6 heteroatoms. The number of nitrogens with one attached hydrogen (secondary N) is 1. The highest BCUT2D eigenvalue weighted by molar-refractivity contribution is 5.80. The van der Waals surface area contributed by atoms with Crippen molar-refractivity contribution in [2.45, 2.75) is 44.8 Å². The van der Waals surface area contributed by atoms with Crippen LogP contribution in [0.1, 0.15) is 32.6 Å². The number of nitrogens with zero attached hydrogens (tertiary/aromatic N) is 2. The smallest absolute Gasteiger partial charge is 0.194 e. The van der Waals surface area contributed by atoms with Crippen molar-refractivity contribution in [2.75, 3.05) is 46.0 Å². The lowest BCUT2D eigenvalue weighted by Gasteiger charge is -2.22. The molecule has 2 heterocycles. The van der Waals surface area contributed by atoms with E-state index in [1.54, 1.807) is 0 Å². The molecule has 0 spiro atoms. The van der Waals surface area contributed by atoms with Crippen LogP contribution in [0.4, 0.5) is 0 Å². The third kappa shape index (κ3) is 5.80. The van der Waals surface area contributed by atoms with Crippen molar-refractivity contribution in [1.29, 1.82) is 0 Å². The third-order valence-electron chi connectivity index (χ3n) is 3.88. The number of β-amino-alcohol motifs (C(OH)–C–C–N with tert-alkyl or cyclic N) is 1. The summed E-state index contributed by atoms with van der Waals surface area (Å²) in [5.74, 6) is 0.917. The molecule has 2 rings (SSSR count). The SMILES string of the molecule is CCNC(=NCCCOC1CCOCC1)N1CC[C@@H](O)C1. The van der Waals surface area contributed by atoms with Crippen LogP contribution in [0.2, 0.25) is 0 Å². The summed E-state index contributed by atoms with van der Waals surface area (Å²) in [7, 11) is 0. The van der Waals surface area contributed by atoms with E-state index < -0.39 is 0 Å². The van der Waals surface area contributed by atoms with Crippen molar-refractivity contribution in [3.05, 3.63) is 0 Å². The first-order chi connectivity index (χ1) is 10.3. The Kier molecular flexibility index (Phi) is 7.26. The quantitative estimate of drug-likeness (QED) is 0.427. The van der Waals surface area contributed by atoms with E-state index in [1.807, 2.05) is 0 Å². The summed E-state index contributed by atoms with van der Waals surface area (Å²) in [4.78, 5) is 6.76. The Hall–Kier alpha value is -0.850. The molecular weight excluding hydrogens is 270 g/mol. The molecule has 6 nitrogen and oxygen atoms in total. The van der Waals surface area contributed by atoms with Crippen LogP contribution < -0.4 is 5.32 Å². The molecule has 0 bridgehead atoms. The summed E-state index contributed by atoms with van der Waals surface area (Å²) in [6.07, 6.45) is 3.94. The topological polar surface area (TPSA) is 66.3 Å². The van der Waals surface area contributed by atoms with Crippen LogP contribution in [0.3, 0.4) is 0 Å². The Labute approximate surface area is 127 Å². The number of ether oxygens (including phenoxy) is 2. The standard InChI is InChI=1S/C15H29N3O3/c1-2-16-15(18-8-4-13(19)12-18)17-7-3-9-21-14-5-10-20-11-6-14/h13-14,19H,2-12H2,1H3,(H,16,17)/t13-/m1/s1. The molecule has 2 N–H and O–H groups in total. The maximum Gasteiger partial charge on any atom is 0.194 e. The molecular formula is C15H29N3O3. The molecule has 122 valence electrons. The second kappa shape index (κ2) is 9.23. The van der Waals surface area contributed by atoms with Crippen molar-refractivity contribution < 1.29 is 14.6 Å². The van der Waals surface area contributed by atoms with E-state index in [0.29, 0.717) is 12.6 Å². The Morgan fingerprint density at radius 1 is 1.38 bits per heavy atom. The first-order valence-corrected chi connectivity index (χ1v) is 8.20. The van der Waals surface area contributed by atoms with E-state index >= 15 is 0 Å². The van der Waals surface area contributed by atoms with Gasteiger partial charge in [0.05, 0.1) is 12.2 Å². The highest BCUT2D eigenvalue weighted by Crippen LogP contribution is 2.11. The molecule has 2 aliphatic heterocycles. The highest BCUT2D eigenvalue weighted by atomic mass is 16.5. The first kappa shape index (κ1) is 16.5. The van der Waals surface area contributed by atoms with Crippen molar-refractivity contribution in [3.8, 4) is 0 Å². The van der Waals surface area contributed by atoms with Crippen LogP contribution in [-0.2, 0) is 9.47 Å². The lowest BCUT2D eigenvalue weighted by molar-refractivity contribution is -0.0318. The molecule has 21 heavy (non-hydrogen) atoms. The molecule has 2 aliphatic rings. The van der Waals surface area contributed by atoms with Gasteiger partial charge < -0.3 is 24.8 Å². The zero-order valence-corrected chi connectivity index (χ0v) is 13.1. The first-order valence-electron chi connectivity index (χ1n) is 8.20. The van der Waals surface area contributed by atoms with E-state index in [2.05, 4.69) is 22.1 Å². The number of guanidine groups is 1. The normalized spacial score (nSPS) is 24.6. The molecule has 0 radical (unpaired) electrons. The summed E-state index contributed by atoms with van der Waals surface area (Å²) >= 11 is 0. The monoisotopic (exact) mass is 299 g/mol. The summed E-state index contributed by atoms with van der Waals surface area (Å²) < 4.78 is 11.2. The minimum atomic E-state index is -0.217. The second-order valence-electron chi connectivity index (χ2n) is 5.66. The molecule has 2 saturated heterocycles. The molecule has 0 saturated carbocycles. The van der Waals surface area contributed by atoms with E-state index in [1.165, 1.54) is 0 Å². The fourth-order valence-corrected chi connectivity index (χ4v) is 2.70. The molecule has 0 aromatic heterocycles. The van der Waals surface area contributed by atoms with Crippen LogP contribution >= 0.6 is 0 Å². The van der Waals surface area contributed by atoms with Crippen molar-refractivity contribution in [3.63, 3.8) is 0 Å². The summed E-state index contributed by atoms with van der Waals surface area (Å²) in [5, 5.41) is 12.9. The fraction of sp³-hybridized carbons (Fsp3) is 0.933. The number of hydrogen-bond donors (Lipinski definition) is 2. The second-order valence-corrected chi connectivity index (χ2v) is 5.66.